The number of rotatable bonds is 4. The van der Waals surface area contributed by atoms with E-state index in [0.717, 1.165) is 38.9 Å². The van der Waals surface area contributed by atoms with Crippen LogP contribution < -0.4 is 4.90 Å². The molecule has 0 bridgehead atoms. The highest BCUT2D eigenvalue weighted by Crippen LogP contribution is 2.57. The molecule has 0 fully saturated rings. The second-order valence-corrected chi connectivity index (χ2v) is 11.4. The highest BCUT2D eigenvalue weighted by molar-refractivity contribution is 6.19. The van der Waals surface area contributed by atoms with Crippen molar-refractivity contribution in [2.75, 3.05) is 4.90 Å². The van der Waals surface area contributed by atoms with E-state index >= 15 is 0 Å². The zero-order chi connectivity index (χ0) is 27.6. The quantitative estimate of drug-likeness (QED) is 0.226. The Labute approximate surface area is 240 Å². The molecule has 0 unspecified atom stereocenters. The molecular weight excluding hydrogens is 498 g/mol. The number of para-hydroxylation sites is 2. The number of fused-ring (bicyclic) bond motifs is 6. The normalized spacial score (nSPS) is 13.3. The van der Waals surface area contributed by atoms with Gasteiger partial charge in [-0.25, -0.2) is 0 Å². The fourth-order valence-electron chi connectivity index (χ4n) is 6.67. The van der Waals surface area contributed by atoms with Gasteiger partial charge in [-0.2, -0.15) is 0 Å². The van der Waals surface area contributed by atoms with Crippen LogP contribution in [0.15, 0.2) is 144 Å². The van der Waals surface area contributed by atoms with Gasteiger partial charge in [0.05, 0.1) is 11.1 Å². The van der Waals surface area contributed by atoms with Gasteiger partial charge in [-0.1, -0.05) is 111 Å². The van der Waals surface area contributed by atoms with Crippen LogP contribution in [0.5, 0.6) is 0 Å². The van der Waals surface area contributed by atoms with Crippen LogP contribution in [0, 0.1) is 0 Å². The van der Waals surface area contributed by atoms with Gasteiger partial charge >= 0.3 is 0 Å². The molecule has 0 atom stereocenters. The summed E-state index contributed by atoms with van der Waals surface area (Å²) in [5.41, 5.74) is 12.6. The van der Waals surface area contributed by atoms with Crippen molar-refractivity contribution >= 4 is 39.0 Å². The Kier molecular flexibility index (Phi) is 5.20. The van der Waals surface area contributed by atoms with Crippen LogP contribution in [0.4, 0.5) is 17.1 Å². The standard InChI is InChI=1S/C39H29NO/c1-39(2)32-21-13-12-20-30(32)36-33(39)25-35-37(31-23-22-27(24-34(31)41-35)26-14-6-3-7-15-26)38(36)40(28-16-8-4-9-17-28)29-18-10-5-11-19-29/h3-25H,1-2H3. The monoisotopic (exact) mass is 527 g/mol. The van der Waals surface area contributed by atoms with E-state index in [0.29, 0.717) is 0 Å². The van der Waals surface area contributed by atoms with Crippen molar-refractivity contribution in [3.05, 3.63) is 151 Å². The number of hydrogen-bond donors (Lipinski definition) is 0. The molecule has 0 N–H and O–H groups in total. The maximum atomic E-state index is 6.77. The lowest BCUT2D eigenvalue weighted by Crippen LogP contribution is -2.16. The van der Waals surface area contributed by atoms with Crippen molar-refractivity contribution in [2.24, 2.45) is 0 Å². The minimum absolute atomic E-state index is 0.165. The Hall–Kier alpha value is -5.08. The fraction of sp³-hybridized carbons (Fsp3) is 0.0769. The minimum Gasteiger partial charge on any atom is -0.456 e. The first-order valence-corrected chi connectivity index (χ1v) is 14.2. The molecule has 1 aromatic heterocycles. The molecule has 1 heterocycles. The van der Waals surface area contributed by atoms with Gasteiger partial charge in [0.2, 0.25) is 0 Å². The average molecular weight is 528 g/mol. The summed E-state index contributed by atoms with van der Waals surface area (Å²) >= 11 is 0. The van der Waals surface area contributed by atoms with Gasteiger partial charge in [0.1, 0.15) is 11.2 Å². The predicted octanol–water partition coefficient (Wildman–Crippen LogP) is 11.0. The molecule has 0 saturated heterocycles. The van der Waals surface area contributed by atoms with E-state index in [9.17, 15) is 0 Å². The van der Waals surface area contributed by atoms with E-state index < -0.39 is 0 Å². The van der Waals surface area contributed by atoms with E-state index in [1.54, 1.807) is 0 Å². The molecule has 0 spiro atoms. The van der Waals surface area contributed by atoms with Crippen molar-refractivity contribution in [1.29, 1.82) is 0 Å². The topological polar surface area (TPSA) is 16.4 Å². The lowest BCUT2D eigenvalue weighted by Gasteiger charge is -2.29. The van der Waals surface area contributed by atoms with Crippen molar-refractivity contribution in [3.8, 4) is 22.3 Å². The molecule has 196 valence electrons. The Morgan fingerprint density at radius 3 is 1.83 bits per heavy atom. The average Bonchev–Trinajstić information content (AvgIpc) is 3.50. The molecule has 0 amide bonds. The Bertz CT molecular complexity index is 2010. The lowest BCUT2D eigenvalue weighted by atomic mass is 9.82. The molecule has 0 saturated carbocycles. The summed E-state index contributed by atoms with van der Waals surface area (Å²) in [4.78, 5) is 2.42. The maximum Gasteiger partial charge on any atom is 0.137 e. The van der Waals surface area contributed by atoms with E-state index in [1.807, 2.05) is 0 Å². The smallest absolute Gasteiger partial charge is 0.137 e. The Balaban J connectivity index is 1.53. The fourth-order valence-corrected chi connectivity index (χ4v) is 6.67. The van der Waals surface area contributed by atoms with Crippen molar-refractivity contribution in [3.63, 3.8) is 0 Å². The summed E-state index contributed by atoms with van der Waals surface area (Å²) in [5, 5.41) is 2.26. The zero-order valence-corrected chi connectivity index (χ0v) is 23.1. The molecule has 6 aromatic carbocycles. The molecule has 8 rings (SSSR count). The summed E-state index contributed by atoms with van der Waals surface area (Å²) in [6, 6.07) is 49.7. The van der Waals surface area contributed by atoms with Gasteiger partial charge in [0.25, 0.3) is 0 Å². The van der Waals surface area contributed by atoms with Crippen LogP contribution in [0.25, 0.3) is 44.2 Å². The first-order valence-electron chi connectivity index (χ1n) is 14.2. The molecule has 1 aliphatic rings. The van der Waals surface area contributed by atoms with Crippen molar-refractivity contribution in [1.82, 2.24) is 0 Å². The molecule has 1 aliphatic carbocycles. The summed E-state index contributed by atoms with van der Waals surface area (Å²) < 4.78 is 6.77. The first-order chi connectivity index (χ1) is 20.1. The number of benzene rings is 6. The lowest BCUT2D eigenvalue weighted by molar-refractivity contribution is 0.647. The Morgan fingerprint density at radius 1 is 0.537 bits per heavy atom. The number of hydrogen-bond acceptors (Lipinski definition) is 2. The van der Waals surface area contributed by atoms with Gasteiger partial charge in [0.15, 0.2) is 0 Å². The van der Waals surface area contributed by atoms with Gasteiger partial charge in [-0.05, 0) is 70.3 Å². The predicted molar refractivity (Wildman–Crippen MR) is 171 cm³/mol. The molecule has 2 nitrogen and oxygen atoms in total. The van der Waals surface area contributed by atoms with E-state index in [-0.39, 0.29) is 5.41 Å². The highest BCUT2D eigenvalue weighted by atomic mass is 16.3. The van der Waals surface area contributed by atoms with Gasteiger partial charge in [-0.15, -0.1) is 0 Å². The second kappa shape index (κ2) is 8.97. The van der Waals surface area contributed by atoms with E-state index in [1.165, 1.54) is 33.5 Å². The Morgan fingerprint density at radius 2 is 1.15 bits per heavy atom. The summed E-state index contributed by atoms with van der Waals surface area (Å²) in [6.45, 7) is 4.66. The SMILES string of the molecule is CC1(C)c2ccccc2-c2c1cc1oc3cc(-c4ccccc4)ccc3c1c2N(c1ccccc1)c1ccccc1. The molecule has 0 aliphatic heterocycles. The third-order valence-electron chi connectivity index (χ3n) is 8.64. The van der Waals surface area contributed by atoms with Crippen LogP contribution in [0.2, 0.25) is 0 Å². The molecule has 2 heteroatoms. The first kappa shape index (κ1) is 23.8. The maximum absolute atomic E-state index is 6.77. The van der Waals surface area contributed by atoms with Crippen LogP contribution in [0.1, 0.15) is 25.0 Å². The van der Waals surface area contributed by atoms with Gasteiger partial charge in [-0.3, -0.25) is 0 Å². The van der Waals surface area contributed by atoms with Gasteiger partial charge < -0.3 is 9.32 Å². The number of nitrogens with zero attached hydrogens (tertiary/aromatic N) is 1. The molecular formula is C39H29NO. The zero-order valence-electron chi connectivity index (χ0n) is 23.1. The third kappa shape index (κ3) is 3.57. The highest BCUT2D eigenvalue weighted by Gasteiger charge is 2.40. The van der Waals surface area contributed by atoms with E-state index in [2.05, 4.69) is 158 Å². The van der Waals surface area contributed by atoms with E-state index in [4.69, 9.17) is 4.42 Å². The second-order valence-electron chi connectivity index (χ2n) is 11.4. The summed E-state index contributed by atoms with van der Waals surface area (Å²) in [6.07, 6.45) is 0. The van der Waals surface area contributed by atoms with Crippen molar-refractivity contribution in [2.45, 2.75) is 19.3 Å². The third-order valence-corrected chi connectivity index (χ3v) is 8.64. The molecule has 7 aromatic rings. The van der Waals surface area contributed by atoms with Crippen molar-refractivity contribution < 1.29 is 4.42 Å². The summed E-state index contributed by atoms with van der Waals surface area (Å²) in [5.74, 6) is 0. The minimum atomic E-state index is -0.165. The van der Waals surface area contributed by atoms with Crippen LogP contribution in [0.3, 0.4) is 0 Å². The molecule has 41 heavy (non-hydrogen) atoms. The van der Waals surface area contributed by atoms with Crippen LogP contribution in [-0.2, 0) is 5.41 Å². The number of anilines is 3. The summed E-state index contributed by atoms with van der Waals surface area (Å²) in [7, 11) is 0. The largest absolute Gasteiger partial charge is 0.456 e. The van der Waals surface area contributed by atoms with Crippen LogP contribution >= 0.6 is 0 Å². The molecule has 0 radical (unpaired) electrons. The van der Waals surface area contributed by atoms with Gasteiger partial charge in [0, 0.05) is 27.7 Å². The number of furan rings is 1. The van der Waals surface area contributed by atoms with Crippen LogP contribution in [-0.4, -0.2) is 0 Å².